The average molecular weight is 222 g/mol. The van der Waals surface area contributed by atoms with Crippen molar-refractivity contribution in [3.05, 3.63) is 0 Å². The summed E-state index contributed by atoms with van der Waals surface area (Å²) in [6, 6.07) is 1.08. The summed E-state index contributed by atoms with van der Waals surface area (Å²) in [6.07, 6.45) is -0.114. The van der Waals surface area contributed by atoms with Crippen LogP contribution in [0.15, 0.2) is 0 Å². The van der Waals surface area contributed by atoms with Crippen molar-refractivity contribution in [1.82, 2.24) is 0 Å². The Morgan fingerprint density at radius 1 is 0.929 bits per heavy atom. The number of rotatable bonds is 8. The Kier molecular flexibility index (Phi) is 8.41. The molecule has 4 nitrogen and oxygen atoms in total. The highest BCUT2D eigenvalue weighted by molar-refractivity contribution is 6.36. The first kappa shape index (κ1) is 14.1. The SMILES string of the molecule is COC(OC)[SiH2]CC(C)C(OC)OC. The molecule has 0 bridgehead atoms. The molecule has 0 aromatic rings. The van der Waals surface area contributed by atoms with Crippen LogP contribution in [-0.4, -0.2) is 50.2 Å². The Hall–Kier alpha value is 0.0569. The molecule has 0 aliphatic heterocycles. The lowest BCUT2D eigenvalue weighted by atomic mass is 10.2. The van der Waals surface area contributed by atoms with Gasteiger partial charge in [-0.3, -0.25) is 0 Å². The molecule has 0 rings (SSSR count). The van der Waals surface area contributed by atoms with Crippen molar-refractivity contribution in [2.45, 2.75) is 25.2 Å². The molecule has 0 aliphatic rings. The highest BCUT2D eigenvalue weighted by atomic mass is 28.2. The zero-order chi connectivity index (χ0) is 11.0. The van der Waals surface area contributed by atoms with Crippen molar-refractivity contribution in [1.29, 1.82) is 0 Å². The van der Waals surface area contributed by atoms with Crippen LogP contribution in [0.1, 0.15) is 6.92 Å². The smallest absolute Gasteiger partial charge is 0.159 e. The van der Waals surface area contributed by atoms with Crippen LogP contribution in [0, 0.1) is 5.92 Å². The van der Waals surface area contributed by atoms with Crippen molar-refractivity contribution in [3.8, 4) is 0 Å². The third-order valence-electron chi connectivity index (χ3n) is 2.31. The Bertz CT molecular complexity index is 126. The maximum atomic E-state index is 5.18. The van der Waals surface area contributed by atoms with E-state index in [1.165, 1.54) is 0 Å². The van der Waals surface area contributed by atoms with Gasteiger partial charge in [0.25, 0.3) is 0 Å². The summed E-state index contributed by atoms with van der Waals surface area (Å²) in [5.74, 6) is 0.399. The van der Waals surface area contributed by atoms with Crippen molar-refractivity contribution in [3.63, 3.8) is 0 Å². The van der Waals surface area contributed by atoms with E-state index < -0.39 is 0 Å². The van der Waals surface area contributed by atoms with Gasteiger partial charge in [0.15, 0.2) is 6.29 Å². The fourth-order valence-corrected chi connectivity index (χ4v) is 2.97. The molecule has 14 heavy (non-hydrogen) atoms. The molecule has 0 heterocycles. The third-order valence-corrected chi connectivity index (χ3v) is 4.69. The Balaban J connectivity index is 3.75. The van der Waals surface area contributed by atoms with E-state index in [-0.39, 0.29) is 21.7 Å². The molecule has 0 aromatic heterocycles. The summed E-state index contributed by atoms with van der Waals surface area (Å²) < 4.78 is 20.7. The first-order chi connectivity index (χ1) is 6.69. The predicted molar refractivity (Wildman–Crippen MR) is 58.1 cm³/mol. The zero-order valence-corrected chi connectivity index (χ0v) is 11.2. The van der Waals surface area contributed by atoms with E-state index in [1.807, 2.05) is 0 Å². The molecule has 0 aromatic carbocycles. The minimum atomic E-state index is -0.388. The molecule has 0 saturated heterocycles. The molecule has 0 radical (unpaired) electrons. The Morgan fingerprint density at radius 3 is 1.79 bits per heavy atom. The zero-order valence-electron chi connectivity index (χ0n) is 9.78. The first-order valence-electron chi connectivity index (χ1n) is 4.80. The topological polar surface area (TPSA) is 36.9 Å². The summed E-state index contributed by atoms with van der Waals surface area (Å²) in [7, 11) is 6.29. The van der Waals surface area contributed by atoms with E-state index in [2.05, 4.69) is 6.92 Å². The van der Waals surface area contributed by atoms with Gasteiger partial charge in [0.05, 0.1) is 9.52 Å². The number of methoxy groups -OCH3 is 4. The summed E-state index contributed by atoms with van der Waals surface area (Å²) >= 11 is 0. The first-order valence-corrected chi connectivity index (χ1v) is 6.62. The van der Waals surface area contributed by atoms with E-state index in [4.69, 9.17) is 18.9 Å². The monoisotopic (exact) mass is 222 g/mol. The van der Waals surface area contributed by atoms with Crippen LogP contribution < -0.4 is 0 Å². The van der Waals surface area contributed by atoms with Gasteiger partial charge in [-0.2, -0.15) is 0 Å². The second kappa shape index (κ2) is 8.37. The molecule has 1 unspecified atom stereocenters. The Labute approximate surface area is 88.7 Å². The maximum Gasteiger partial charge on any atom is 0.159 e. The molecular weight excluding hydrogens is 200 g/mol. The second-order valence-corrected chi connectivity index (χ2v) is 5.12. The second-order valence-electron chi connectivity index (χ2n) is 3.30. The maximum absolute atomic E-state index is 5.18. The molecule has 0 fully saturated rings. The largest absolute Gasteiger partial charge is 0.360 e. The van der Waals surface area contributed by atoms with Gasteiger partial charge in [-0.15, -0.1) is 0 Å². The standard InChI is InChI=1S/C9H22O4Si/c1-7(8(10-2)11-3)6-14-9(12-4)13-5/h7-9H,6,14H2,1-5H3. The lowest BCUT2D eigenvalue weighted by molar-refractivity contribution is -0.129. The van der Waals surface area contributed by atoms with Crippen molar-refractivity contribution >= 4 is 9.52 Å². The molecule has 0 aliphatic carbocycles. The molecule has 0 spiro atoms. The van der Waals surface area contributed by atoms with Gasteiger partial charge in [-0.25, -0.2) is 0 Å². The molecule has 5 heteroatoms. The van der Waals surface area contributed by atoms with Gasteiger partial charge in [-0.05, 0) is 0 Å². The van der Waals surface area contributed by atoms with Gasteiger partial charge in [0.1, 0.15) is 5.91 Å². The van der Waals surface area contributed by atoms with Crippen LogP contribution in [0.3, 0.4) is 0 Å². The molecule has 0 N–H and O–H groups in total. The minimum Gasteiger partial charge on any atom is -0.360 e. The molecule has 1 atom stereocenters. The van der Waals surface area contributed by atoms with Crippen LogP contribution in [-0.2, 0) is 18.9 Å². The van der Waals surface area contributed by atoms with E-state index in [0.29, 0.717) is 5.92 Å². The van der Waals surface area contributed by atoms with Crippen LogP contribution in [0.2, 0.25) is 6.04 Å². The summed E-state index contributed by atoms with van der Waals surface area (Å²) in [5, 5.41) is 0. The van der Waals surface area contributed by atoms with Crippen molar-refractivity contribution in [2.24, 2.45) is 5.92 Å². The van der Waals surface area contributed by atoms with E-state index in [9.17, 15) is 0 Å². The molecule has 0 amide bonds. The number of hydrogen-bond acceptors (Lipinski definition) is 4. The summed E-state index contributed by atoms with van der Waals surface area (Å²) in [6.45, 7) is 2.12. The minimum absolute atomic E-state index is 0.00631. The van der Waals surface area contributed by atoms with Crippen LogP contribution in [0.4, 0.5) is 0 Å². The third kappa shape index (κ3) is 5.07. The van der Waals surface area contributed by atoms with Gasteiger partial charge < -0.3 is 18.9 Å². The average Bonchev–Trinajstić information content (AvgIpc) is 2.21. The lowest BCUT2D eigenvalue weighted by Gasteiger charge is -2.22. The van der Waals surface area contributed by atoms with Crippen LogP contribution in [0.5, 0.6) is 0 Å². The summed E-state index contributed by atoms with van der Waals surface area (Å²) in [5.41, 5.74) is 0. The van der Waals surface area contributed by atoms with Gasteiger partial charge in [0, 0.05) is 34.4 Å². The normalized spacial score (nSPS) is 14.8. The number of ether oxygens (including phenoxy) is 4. The molecule has 0 saturated carbocycles. The van der Waals surface area contributed by atoms with E-state index in [1.54, 1.807) is 28.4 Å². The van der Waals surface area contributed by atoms with Crippen molar-refractivity contribution < 1.29 is 18.9 Å². The van der Waals surface area contributed by atoms with Crippen molar-refractivity contribution in [2.75, 3.05) is 28.4 Å². The van der Waals surface area contributed by atoms with Crippen LogP contribution >= 0.6 is 0 Å². The molecule has 86 valence electrons. The highest BCUT2D eigenvalue weighted by Gasteiger charge is 2.17. The highest BCUT2D eigenvalue weighted by Crippen LogP contribution is 2.13. The van der Waals surface area contributed by atoms with Gasteiger partial charge in [-0.1, -0.05) is 13.0 Å². The lowest BCUT2D eigenvalue weighted by Crippen LogP contribution is -2.28. The Morgan fingerprint density at radius 2 is 1.43 bits per heavy atom. The predicted octanol–water partition coefficient (Wildman–Crippen LogP) is 0.405. The van der Waals surface area contributed by atoms with Gasteiger partial charge in [0.2, 0.25) is 0 Å². The van der Waals surface area contributed by atoms with E-state index in [0.717, 1.165) is 6.04 Å². The fourth-order valence-electron chi connectivity index (χ4n) is 1.43. The van der Waals surface area contributed by atoms with Crippen LogP contribution in [0.25, 0.3) is 0 Å². The van der Waals surface area contributed by atoms with E-state index >= 15 is 0 Å². The number of hydrogen-bond donors (Lipinski definition) is 0. The van der Waals surface area contributed by atoms with Gasteiger partial charge >= 0.3 is 0 Å². The fraction of sp³-hybridized carbons (Fsp3) is 1.00. The summed E-state index contributed by atoms with van der Waals surface area (Å²) in [4.78, 5) is 0. The quantitative estimate of drug-likeness (QED) is 0.440. The molecular formula is C9H22O4Si.